The molecule has 2 unspecified atom stereocenters. The number of hydrogen-bond acceptors (Lipinski definition) is 3. The Labute approximate surface area is 80.8 Å². The van der Waals surface area contributed by atoms with Gasteiger partial charge in [0.15, 0.2) is 0 Å². The second-order valence-electron chi connectivity index (χ2n) is 3.65. The van der Waals surface area contributed by atoms with Gasteiger partial charge in [-0.2, -0.15) is 0 Å². The molecule has 0 radical (unpaired) electrons. The van der Waals surface area contributed by atoms with Crippen LogP contribution in [0.15, 0.2) is 0 Å². The van der Waals surface area contributed by atoms with E-state index in [4.69, 9.17) is 9.47 Å². The minimum atomic E-state index is 0.556. The summed E-state index contributed by atoms with van der Waals surface area (Å²) in [6.07, 6.45) is 3.58. The van der Waals surface area contributed by atoms with E-state index in [-0.39, 0.29) is 0 Å². The van der Waals surface area contributed by atoms with Gasteiger partial charge in [-0.3, -0.25) is 0 Å². The van der Waals surface area contributed by atoms with E-state index in [9.17, 15) is 0 Å². The molecule has 0 amide bonds. The Balaban J connectivity index is 2.26. The van der Waals surface area contributed by atoms with Crippen molar-refractivity contribution < 1.29 is 9.47 Å². The zero-order chi connectivity index (χ0) is 9.52. The Morgan fingerprint density at radius 3 is 3.00 bits per heavy atom. The second kappa shape index (κ2) is 6.35. The van der Waals surface area contributed by atoms with Gasteiger partial charge in [-0.05, 0) is 32.2 Å². The molecule has 1 aliphatic heterocycles. The molecule has 1 saturated heterocycles. The van der Waals surface area contributed by atoms with Gasteiger partial charge in [-0.15, -0.1) is 0 Å². The third-order valence-electron chi connectivity index (χ3n) is 2.77. The first kappa shape index (κ1) is 11.0. The average Bonchev–Trinajstić information content (AvgIpc) is 2.21. The molecule has 1 fully saturated rings. The van der Waals surface area contributed by atoms with E-state index in [1.807, 2.05) is 7.05 Å². The monoisotopic (exact) mass is 187 g/mol. The predicted octanol–water partition coefficient (Wildman–Crippen LogP) is 1.04. The SMILES string of the molecule is CNC(CCOC)C1CCCOC1. The van der Waals surface area contributed by atoms with Crippen molar-refractivity contribution in [3.63, 3.8) is 0 Å². The third-order valence-corrected chi connectivity index (χ3v) is 2.77. The van der Waals surface area contributed by atoms with E-state index >= 15 is 0 Å². The summed E-state index contributed by atoms with van der Waals surface area (Å²) in [4.78, 5) is 0. The molecular weight excluding hydrogens is 166 g/mol. The predicted molar refractivity (Wildman–Crippen MR) is 52.9 cm³/mol. The normalized spacial score (nSPS) is 25.8. The van der Waals surface area contributed by atoms with Crippen molar-refractivity contribution in [2.24, 2.45) is 5.92 Å². The topological polar surface area (TPSA) is 30.5 Å². The molecule has 0 saturated carbocycles. The molecule has 0 aromatic rings. The Hall–Kier alpha value is -0.120. The highest BCUT2D eigenvalue weighted by molar-refractivity contribution is 4.77. The molecule has 1 N–H and O–H groups in total. The van der Waals surface area contributed by atoms with Crippen LogP contribution < -0.4 is 5.32 Å². The van der Waals surface area contributed by atoms with E-state index in [2.05, 4.69) is 5.32 Å². The van der Waals surface area contributed by atoms with E-state index in [0.29, 0.717) is 12.0 Å². The van der Waals surface area contributed by atoms with Crippen LogP contribution in [0.2, 0.25) is 0 Å². The highest BCUT2D eigenvalue weighted by atomic mass is 16.5. The third kappa shape index (κ3) is 3.63. The van der Waals surface area contributed by atoms with E-state index in [1.165, 1.54) is 12.8 Å². The summed E-state index contributed by atoms with van der Waals surface area (Å²) in [6, 6.07) is 0.556. The molecule has 3 nitrogen and oxygen atoms in total. The van der Waals surface area contributed by atoms with Crippen molar-refractivity contribution in [3.8, 4) is 0 Å². The maximum Gasteiger partial charge on any atom is 0.0509 e. The Morgan fingerprint density at radius 1 is 1.62 bits per heavy atom. The molecule has 0 aromatic carbocycles. The van der Waals surface area contributed by atoms with Gasteiger partial charge >= 0.3 is 0 Å². The lowest BCUT2D eigenvalue weighted by molar-refractivity contribution is 0.0346. The minimum Gasteiger partial charge on any atom is -0.385 e. The summed E-state index contributed by atoms with van der Waals surface area (Å²) in [6.45, 7) is 2.69. The van der Waals surface area contributed by atoms with Gasteiger partial charge in [-0.1, -0.05) is 0 Å². The highest BCUT2D eigenvalue weighted by Gasteiger charge is 2.22. The molecule has 13 heavy (non-hydrogen) atoms. The molecule has 78 valence electrons. The zero-order valence-electron chi connectivity index (χ0n) is 8.71. The largest absolute Gasteiger partial charge is 0.385 e. The van der Waals surface area contributed by atoms with Gasteiger partial charge in [0.25, 0.3) is 0 Å². The fraction of sp³-hybridized carbons (Fsp3) is 1.00. The van der Waals surface area contributed by atoms with Gasteiger partial charge < -0.3 is 14.8 Å². The second-order valence-corrected chi connectivity index (χ2v) is 3.65. The van der Waals surface area contributed by atoms with Crippen molar-refractivity contribution in [1.29, 1.82) is 0 Å². The summed E-state index contributed by atoms with van der Waals surface area (Å²) in [7, 11) is 3.78. The first-order valence-electron chi connectivity index (χ1n) is 5.12. The van der Waals surface area contributed by atoms with E-state index < -0.39 is 0 Å². The smallest absolute Gasteiger partial charge is 0.0509 e. The number of ether oxygens (including phenoxy) is 2. The molecule has 0 aromatic heterocycles. The fourth-order valence-electron chi connectivity index (χ4n) is 1.94. The fourth-order valence-corrected chi connectivity index (χ4v) is 1.94. The van der Waals surface area contributed by atoms with Gasteiger partial charge in [0, 0.05) is 26.4 Å². The molecule has 1 heterocycles. The molecule has 3 heteroatoms. The number of nitrogens with one attached hydrogen (secondary N) is 1. The van der Waals surface area contributed by atoms with Crippen LogP contribution in [-0.2, 0) is 9.47 Å². The lowest BCUT2D eigenvalue weighted by Crippen LogP contribution is -2.39. The van der Waals surface area contributed by atoms with Crippen molar-refractivity contribution in [2.75, 3.05) is 34.0 Å². The van der Waals surface area contributed by atoms with Gasteiger partial charge in [0.2, 0.25) is 0 Å². The molecule has 0 spiro atoms. The molecule has 2 atom stereocenters. The lowest BCUT2D eigenvalue weighted by atomic mass is 9.92. The molecule has 0 aliphatic carbocycles. The zero-order valence-corrected chi connectivity index (χ0v) is 8.71. The molecule has 1 rings (SSSR count). The Bertz CT molecular complexity index is 124. The van der Waals surface area contributed by atoms with Gasteiger partial charge in [0.1, 0.15) is 0 Å². The van der Waals surface area contributed by atoms with Crippen LogP contribution in [-0.4, -0.2) is 40.0 Å². The van der Waals surface area contributed by atoms with Crippen LogP contribution in [0.25, 0.3) is 0 Å². The van der Waals surface area contributed by atoms with Crippen molar-refractivity contribution >= 4 is 0 Å². The number of rotatable bonds is 5. The van der Waals surface area contributed by atoms with Crippen LogP contribution in [0.3, 0.4) is 0 Å². The quantitative estimate of drug-likeness (QED) is 0.697. The molecular formula is C10H21NO2. The Morgan fingerprint density at radius 2 is 2.46 bits per heavy atom. The number of hydrogen-bond donors (Lipinski definition) is 1. The van der Waals surface area contributed by atoms with Crippen molar-refractivity contribution in [3.05, 3.63) is 0 Å². The van der Waals surface area contributed by atoms with Gasteiger partial charge in [-0.25, -0.2) is 0 Å². The van der Waals surface area contributed by atoms with Crippen LogP contribution in [0.4, 0.5) is 0 Å². The standard InChI is InChI=1S/C10H21NO2/c1-11-10(5-7-12-2)9-4-3-6-13-8-9/h9-11H,3-8H2,1-2H3. The van der Waals surface area contributed by atoms with Crippen LogP contribution in [0, 0.1) is 5.92 Å². The summed E-state index contributed by atoms with van der Waals surface area (Å²) in [5, 5.41) is 3.35. The van der Waals surface area contributed by atoms with E-state index in [1.54, 1.807) is 7.11 Å². The van der Waals surface area contributed by atoms with E-state index in [0.717, 1.165) is 26.2 Å². The molecule has 0 bridgehead atoms. The first-order chi connectivity index (χ1) is 6.38. The number of methoxy groups -OCH3 is 1. The highest BCUT2D eigenvalue weighted by Crippen LogP contribution is 2.19. The van der Waals surface area contributed by atoms with Crippen LogP contribution in [0.5, 0.6) is 0 Å². The summed E-state index contributed by atoms with van der Waals surface area (Å²) in [5.74, 6) is 0.675. The van der Waals surface area contributed by atoms with Crippen LogP contribution >= 0.6 is 0 Å². The maximum absolute atomic E-state index is 5.46. The summed E-state index contributed by atoms with van der Waals surface area (Å²) >= 11 is 0. The van der Waals surface area contributed by atoms with Crippen molar-refractivity contribution in [2.45, 2.75) is 25.3 Å². The first-order valence-corrected chi connectivity index (χ1v) is 5.12. The maximum atomic E-state index is 5.46. The average molecular weight is 187 g/mol. The minimum absolute atomic E-state index is 0.556. The van der Waals surface area contributed by atoms with Crippen LogP contribution in [0.1, 0.15) is 19.3 Å². The molecule has 1 aliphatic rings. The van der Waals surface area contributed by atoms with Gasteiger partial charge in [0.05, 0.1) is 6.61 Å². The van der Waals surface area contributed by atoms with Crippen molar-refractivity contribution in [1.82, 2.24) is 5.32 Å². The summed E-state index contributed by atoms with van der Waals surface area (Å²) in [5.41, 5.74) is 0. The summed E-state index contributed by atoms with van der Waals surface area (Å²) < 4.78 is 10.5. The lowest BCUT2D eigenvalue weighted by Gasteiger charge is -2.29. The Kier molecular flexibility index (Phi) is 5.35.